The van der Waals surface area contributed by atoms with Crippen LogP contribution in [-0.4, -0.2) is 52.5 Å². The van der Waals surface area contributed by atoms with Crippen LogP contribution in [0.25, 0.3) is 0 Å². The first-order chi connectivity index (χ1) is 9.75. The standard InChI is InChI=1S/C13H25BN4O3/c1-14(21)4-2-3-10-9-7-18(12(15)16)6-8(9)5-13(10,17)11(19)20/h8-10,21H,2-7,17H2,1H3,(H3,15,16)(H,19,20). The van der Waals surface area contributed by atoms with Crippen LogP contribution >= 0.6 is 0 Å². The second-order valence-corrected chi connectivity index (χ2v) is 6.65. The van der Waals surface area contributed by atoms with Gasteiger partial charge >= 0.3 is 5.97 Å². The fraction of sp³-hybridized carbons (Fsp3) is 0.846. The summed E-state index contributed by atoms with van der Waals surface area (Å²) < 4.78 is 0. The molecule has 7 N–H and O–H groups in total. The lowest BCUT2D eigenvalue weighted by molar-refractivity contribution is -0.145. The normalized spacial score (nSPS) is 34.8. The van der Waals surface area contributed by atoms with Crippen molar-refractivity contribution in [3.8, 4) is 0 Å². The van der Waals surface area contributed by atoms with E-state index in [1.807, 2.05) is 0 Å². The second kappa shape index (κ2) is 5.85. The molecule has 21 heavy (non-hydrogen) atoms. The molecule has 1 aliphatic heterocycles. The Bertz CT molecular complexity index is 434. The van der Waals surface area contributed by atoms with Crippen LogP contribution in [0.15, 0.2) is 0 Å². The van der Waals surface area contributed by atoms with E-state index in [0.29, 0.717) is 32.3 Å². The van der Waals surface area contributed by atoms with Gasteiger partial charge in [0.2, 0.25) is 0 Å². The summed E-state index contributed by atoms with van der Waals surface area (Å²) in [5.41, 5.74) is 10.6. The number of fused-ring (bicyclic) bond motifs is 1. The maximum absolute atomic E-state index is 11.6. The van der Waals surface area contributed by atoms with Crippen molar-refractivity contribution in [3.63, 3.8) is 0 Å². The van der Waals surface area contributed by atoms with E-state index >= 15 is 0 Å². The molecule has 0 aromatic rings. The molecule has 0 bridgehead atoms. The lowest BCUT2D eigenvalue weighted by Gasteiger charge is -2.31. The van der Waals surface area contributed by atoms with Crippen LogP contribution in [0.1, 0.15) is 19.3 Å². The van der Waals surface area contributed by atoms with E-state index in [0.717, 1.165) is 6.42 Å². The molecule has 1 saturated heterocycles. The lowest BCUT2D eigenvalue weighted by atomic mass is 9.65. The largest absolute Gasteiger partial charge is 0.480 e. The summed E-state index contributed by atoms with van der Waals surface area (Å²) in [6.07, 6.45) is 2.55. The zero-order valence-electron chi connectivity index (χ0n) is 12.5. The number of carbonyl (C=O) groups is 1. The van der Waals surface area contributed by atoms with Crippen LogP contribution in [0, 0.1) is 23.2 Å². The van der Waals surface area contributed by atoms with Crippen LogP contribution in [0.5, 0.6) is 0 Å². The van der Waals surface area contributed by atoms with E-state index in [4.69, 9.17) is 16.9 Å². The molecule has 118 valence electrons. The van der Waals surface area contributed by atoms with E-state index in [-0.39, 0.29) is 30.6 Å². The van der Waals surface area contributed by atoms with Gasteiger partial charge in [0, 0.05) is 13.1 Å². The molecule has 1 saturated carbocycles. The summed E-state index contributed by atoms with van der Waals surface area (Å²) in [5, 5.41) is 26.4. The fourth-order valence-electron chi connectivity index (χ4n) is 4.08. The van der Waals surface area contributed by atoms with E-state index in [9.17, 15) is 14.9 Å². The van der Waals surface area contributed by atoms with Gasteiger partial charge in [0.05, 0.1) is 0 Å². The SMILES string of the molecule is CB(O)CCCC1C2CN(C(=N)N)CC2CC1(N)C(=O)O. The molecule has 1 heterocycles. The number of guanidine groups is 1. The first kappa shape index (κ1) is 16.1. The van der Waals surface area contributed by atoms with Gasteiger partial charge in [-0.05, 0) is 36.9 Å². The molecule has 0 aromatic heterocycles. The smallest absolute Gasteiger partial charge is 0.323 e. The number of nitrogens with zero attached hydrogens (tertiary/aromatic N) is 1. The number of aliphatic carboxylic acids is 1. The quantitative estimate of drug-likeness (QED) is 0.266. The maximum atomic E-state index is 11.6. The predicted molar refractivity (Wildman–Crippen MR) is 81.0 cm³/mol. The minimum absolute atomic E-state index is 0.0464. The molecular weight excluding hydrogens is 271 g/mol. The van der Waals surface area contributed by atoms with Crippen LogP contribution in [0.4, 0.5) is 0 Å². The monoisotopic (exact) mass is 296 g/mol. The van der Waals surface area contributed by atoms with Gasteiger partial charge < -0.3 is 26.5 Å². The van der Waals surface area contributed by atoms with Crippen molar-refractivity contribution in [2.24, 2.45) is 29.2 Å². The number of carboxylic acid groups (broad SMARTS) is 1. The number of hydrogen-bond donors (Lipinski definition) is 5. The Hall–Kier alpha value is -1.28. The Labute approximate surface area is 125 Å². The molecule has 0 amide bonds. The molecule has 2 fully saturated rings. The topological polar surface area (TPSA) is 137 Å². The summed E-state index contributed by atoms with van der Waals surface area (Å²) in [4.78, 5) is 13.4. The average molecular weight is 296 g/mol. The van der Waals surface area contributed by atoms with Crippen molar-refractivity contribution in [3.05, 3.63) is 0 Å². The summed E-state index contributed by atoms with van der Waals surface area (Å²) in [7, 11) is 0. The van der Waals surface area contributed by atoms with Crippen LogP contribution in [0.2, 0.25) is 13.1 Å². The summed E-state index contributed by atoms with van der Waals surface area (Å²) in [6, 6.07) is 0. The van der Waals surface area contributed by atoms with E-state index in [2.05, 4.69) is 0 Å². The Kier molecular flexibility index (Phi) is 4.48. The third-order valence-electron chi connectivity index (χ3n) is 5.15. The Morgan fingerprint density at radius 1 is 1.52 bits per heavy atom. The highest BCUT2D eigenvalue weighted by atomic mass is 16.4. The maximum Gasteiger partial charge on any atom is 0.323 e. The third-order valence-corrected chi connectivity index (χ3v) is 5.15. The van der Waals surface area contributed by atoms with Crippen LogP contribution < -0.4 is 11.5 Å². The molecule has 0 spiro atoms. The highest BCUT2D eigenvalue weighted by molar-refractivity contribution is 6.48. The van der Waals surface area contributed by atoms with E-state index in [1.54, 1.807) is 11.7 Å². The number of nitrogens with one attached hydrogen (secondary N) is 1. The molecule has 1 aliphatic carbocycles. The van der Waals surface area contributed by atoms with Gasteiger partial charge in [0.15, 0.2) is 5.96 Å². The molecule has 8 heteroatoms. The van der Waals surface area contributed by atoms with Gasteiger partial charge in [-0.15, -0.1) is 0 Å². The number of nitrogens with two attached hydrogens (primary N) is 2. The highest BCUT2D eigenvalue weighted by Gasteiger charge is 2.58. The van der Waals surface area contributed by atoms with Crippen LogP contribution in [-0.2, 0) is 4.79 Å². The first-order valence-electron chi connectivity index (χ1n) is 7.55. The summed E-state index contributed by atoms with van der Waals surface area (Å²) >= 11 is 0. The molecule has 0 aromatic carbocycles. The number of rotatable bonds is 5. The second-order valence-electron chi connectivity index (χ2n) is 6.65. The molecule has 4 atom stereocenters. The van der Waals surface area contributed by atoms with Gasteiger partial charge in [-0.1, -0.05) is 13.2 Å². The molecule has 7 nitrogen and oxygen atoms in total. The van der Waals surface area contributed by atoms with Gasteiger partial charge in [-0.3, -0.25) is 10.2 Å². The molecule has 4 unspecified atom stereocenters. The average Bonchev–Trinajstić information content (AvgIpc) is 2.87. The molecular formula is C13H25BN4O3. The van der Waals surface area contributed by atoms with Crippen molar-refractivity contribution in [1.29, 1.82) is 5.41 Å². The number of carboxylic acids is 1. The summed E-state index contributed by atoms with van der Waals surface area (Å²) in [6.45, 7) is 2.60. The zero-order valence-corrected chi connectivity index (χ0v) is 12.5. The van der Waals surface area contributed by atoms with Crippen molar-refractivity contribution in [1.82, 2.24) is 4.90 Å². The minimum atomic E-state index is -1.18. The van der Waals surface area contributed by atoms with Crippen molar-refractivity contribution in [2.75, 3.05) is 13.1 Å². The van der Waals surface area contributed by atoms with Crippen molar-refractivity contribution >= 4 is 18.8 Å². The van der Waals surface area contributed by atoms with Crippen molar-refractivity contribution in [2.45, 2.75) is 37.9 Å². The van der Waals surface area contributed by atoms with Gasteiger partial charge in [0.1, 0.15) is 5.54 Å². The molecule has 2 aliphatic rings. The minimum Gasteiger partial charge on any atom is -0.480 e. The zero-order chi connectivity index (χ0) is 15.8. The highest BCUT2D eigenvalue weighted by Crippen LogP contribution is 2.49. The van der Waals surface area contributed by atoms with Gasteiger partial charge in [-0.2, -0.15) is 0 Å². The van der Waals surface area contributed by atoms with Gasteiger partial charge in [-0.25, -0.2) is 0 Å². The fourth-order valence-corrected chi connectivity index (χ4v) is 4.08. The number of hydrogen-bond acceptors (Lipinski definition) is 4. The van der Waals surface area contributed by atoms with E-state index in [1.165, 1.54) is 0 Å². The Morgan fingerprint density at radius 2 is 2.19 bits per heavy atom. The first-order valence-corrected chi connectivity index (χ1v) is 7.55. The molecule has 2 rings (SSSR count). The Morgan fingerprint density at radius 3 is 2.71 bits per heavy atom. The molecule has 0 radical (unpaired) electrons. The third kappa shape index (κ3) is 3.01. The lowest BCUT2D eigenvalue weighted by Crippen LogP contribution is -2.53. The Balaban J connectivity index is 2.10. The van der Waals surface area contributed by atoms with Gasteiger partial charge in [0.25, 0.3) is 6.92 Å². The van der Waals surface area contributed by atoms with E-state index < -0.39 is 11.5 Å². The number of likely N-dealkylation sites (tertiary alicyclic amines) is 1. The van der Waals surface area contributed by atoms with Crippen LogP contribution in [0.3, 0.4) is 0 Å². The predicted octanol–water partition coefficient (Wildman–Crippen LogP) is -0.376. The van der Waals surface area contributed by atoms with Crippen molar-refractivity contribution < 1.29 is 14.9 Å². The summed E-state index contributed by atoms with van der Waals surface area (Å²) in [5.74, 6) is -0.656.